The van der Waals surface area contributed by atoms with Crippen molar-refractivity contribution in [3.8, 4) is 22.8 Å². The predicted molar refractivity (Wildman–Crippen MR) is 171 cm³/mol. The first-order valence-corrected chi connectivity index (χ1v) is 18.0. The Morgan fingerprint density at radius 3 is 2.05 bits per heavy atom. The summed E-state index contributed by atoms with van der Waals surface area (Å²) in [6.45, 7) is 12.3. The Balaban J connectivity index is 0.000000180. The molecular weight excluding hydrogens is 587 g/mol. The third-order valence-corrected chi connectivity index (χ3v) is 8.70. The predicted octanol–water partition coefficient (Wildman–Crippen LogP) is 7.75. The van der Waals surface area contributed by atoms with Gasteiger partial charge in [-0.05, 0) is 44.2 Å². The van der Waals surface area contributed by atoms with E-state index in [1.54, 1.807) is 12.1 Å². The summed E-state index contributed by atoms with van der Waals surface area (Å²) < 4.78 is 7.78. The molecule has 0 unspecified atom stereocenters. The highest BCUT2D eigenvalue weighted by Gasteiger charge is 2.16. The van der Waals surface area contributed by atoms with Gasteiger partial charge < -0.3 is 4.74 Å². The van der Waals surface area contributed by atoms with Gasteiger partial charge in [0.25, 0.3) is 0 Å². The third-order valence-electron chi connectivity index (χ3n) is 6.59. The van der Waals surface area contributed by atoms with Gasteiger partial charge >= 0.3 is 0 Å². The lowest BCUT2D eigenvalue weighted by Gasteiger charge is -2.15. The number of ether oxygens (including phenoxy) is 1. The quantitative estimate of drug-likeness (QED) is 0.111. The molecular formula is C30H32Cl2N8OSi. The van der Waals surface area contributed by atoms with Crippen LogP contribution < -0.4 is 0 Å². The number of fused-ring (bicyclic) bond motifs is 2. The number of rotatable bonds is 7. The summed E-state index contributed by atoms with van der Waals surface area (Å²) in [7, 11) is -1.10. The number of nitrogens with one attached hydrogen (secondary N) is 1. The third kappa shape index (κ3) is 7.19. The lowest BCUT2D eigenvalue weighted by molar-refractivity contribution is 0.0818. The highest BCUT2D eigenvalue weighted by Crippen LogP contribution is 2.29. The van der Waals surface area contributed by atoms with E-state index in [0.29, 0.717) is 17.0 Å². The molecule has 6 rings (SSSR count). The molecule has 4 aromatic heterocycles. The lowest BCUT2D eigenvalue weighted by atomic mass is 10.1. The van der Waals surface area contributed by atoms with Gasteiger partial charge in [0.15, 0.2) is 0 Å². The summed E-state index contributed by atoms with van der Waals surface area (Å²) in [5, 5.41) is 14.9. The van der Waals surface area contributed by atoms with E-state index in [0.717, 1.165) is 57.2 Å². The van der Waals surface area contributed by atoms with Crippen LogP contribution in [0.4, 0.5) is 0 Å². The summed E-state index contributed by atoms with van der Waals surface area (Å²) in [4.78, 5) is 16.3. The van der Waals surface area contributed by atoms with Gasteiger partial charge in [-0.2, -0.15) is 10.2 Å². The number of aryl methyl sites for hydroxylation is 2. The first-order chi connectivity index (χ1) is 20.1. The molecule has 0 saturated heterocycles. The minimum atomic E-state index is -1.10. The van der Waals surface area contributed by atoms with Gasteiger partial charge in [0, 0.05) is 37.6 Å². The second kappa shape index (κ2) is 12.7. The van der Waals surface area contributed by atoms with E-state index in [2.05, 4.69) is 81.0 Å². The highest BCUT2D eigenvalue weighted by atomic mass is 35.5. The van der Waals surface area contributed by atoms with E-state index in [-0.39, 0.29) is 0 Å². The van der Waals surface area contributed by atoms with Crippen LogP contribution >= 0.6 is 23.2 Å². The molecule has 9 nitrogen and oxygen atoms in total. The Labute approximate surface area is 255 Å². The molecule has 2 aromatic carbocycles. The molecule has 4 heterocycles. The van der Waals surface area contributed by atoms with Crippen molar-refractivity contribution in [3.05, 3.63) is 82.6 Å². The van der Waals surface area contributed by atoms with E-state index in [1.807, 2.05) is 23.7 Å². The molecule has 0 bridgehead atoms. The van der Waals surface area contributed by atoms with Crippen LogP contribution in [0.1, 0.15) is 11.1 Å². The number of benzene rings is 2. The molecule has 216 valence electrons. The summed E-state index contributed by atoms with van der Waals surface area (Å²) in [6, 6.07) is 17.0. The molecule has 0 aliphatic heterocycles. The van der Waals surface area contributed by atoms with E-state index in [4.69, 9.17) is 33.0 Å². The first-order valence-electron chi connectivity index (χ1n) is 13.5. The lowest BCUT2D eigenvalue weighted by Crippen LogP contribution is -2.22. The van der Waals surface area contributed by atoms with Crippen LogP contribution in [0, 0.1) is 13.8 Å². The summed E-state index contributed by atoms with van der Waals surface area (Å²) in [5.41, 5.74) is 7.42. The molecule has 1 N–H and O–H groups in total. The SMILES string of the molecule is Cc1ccc2[nH]nc(-c3cc(Cl)ncn3)c2c1.Cc1ccc2c(c1)c(-c1cc(Cl)ncn1)nn2COCC[Si](C)(C)C. The van der Waals surface area contributed by atoms with Crippen molar-refractivity contribution in [1.29, 1.82) is 0 Å². The van der Waals surface area contributed by atoms with Crippen LogP contribution in [0.15, 0.2) is 61.2 Å². The average Bonchev–Trinajstić information content (AvgIpc) is 3.52. The largest absolute Gasteiger partial charge is 0.360 e. The number of nitrogens with zero attached hydrogens (tertiary/aromatic N) is 7. The Morgan fingerprint density at radius 2 is 1.40 bits per heavy atom. The molecule has 0 radical (unpaired) electrons. The van der Waals surface area contributed by atoms with Crippen molar-refractivity contribution in [3.63, 3.8) is 0 Å². The van der Waals surface area contributed by atoms with Gasteiger partial charge in [0.1, 0.15) is 41.1 Å². The zero-order valence-corrected chi connectivity index (χ0v) is 26.7. The maximum absolute atomic E-state index is 6.02. The van der Waals surface area contributed by atoms with Crippen molar-refractivity contribution in [2.24, 2.45) is 0 Å². The number of halogens is 2. The van der Waals surface area contributed by atoms with Gasteiger partial charge in [-0.1, -0.05) is 66.1 Å². The standard InChI is InChI=1S/C18H23ClN4OSi.C12H9ClN4/c1-13-5-6-16-14(9-13)18(15-10-17(19)21-11-20-15)22-23(16)12-24-7-8-25(2,3)4;1-7-2-3-9-8(4-7)12(17-16-9)10-5-11(13)15-6-14-10/h5-6,9-11H,7-8,12H2,1-4H3;2-6H,1H3,(H,16,17). The van der Waals surface area contributed by atoms with Crippen LogP contribution in [0.2, 0.25) is 36.0 Å². The molecule has 0 aliphatic carbocycles. The molecule has 0 saturated carbocycles. The fourth-order valence-electron chi connectivity index (χ4n) is 4.36. The monoisotopic (exact) mass is 618 g/mol. The van der Waals surface area contributed by atoms with Gasteiger partial charge in [-0.25, -0.2) is 24.6 Å². The van der Waals surface area contributed by atoms with Crippen molar-refractivity contribution in [1.82, 2.24) is 39.9 Å². The van der Waals surface area contributed by atoms with Gasteiger partial charge in [0.2, 0.25) is 0 Å². The van der Waals surface area contributed by atoms with Crippen LogP contribution in [0.5, 0.6) is 0 Å². The fraction of sp³-hybridized carbons (Fsp3) is 0.267. The average molecular weight is 620 g/mol. The molecule has 0 amide bonds. The Kier molecular flexibility index (Phi) is 8.98. The number of aromatic amines is 1. The molecule has 0 spiro atoms. The van der Waals surface area contributed by atoms with Gasteiger partial charge in [0.05, 0.1) is 22.4 Å². The number of hydrogen-bond donors (Lipinski definition) is 1. The topological polar surface area (TPSA) is 107 Å². The van der Waals surface area contributed by atoms with Gasteiger partial charge in [-0.3, -0.25) is 5.10 Å². The second-order valence-electron chi connectivity index (χ2n) is 11.3. The molecule has 12 heteroatoms. The van der Waals surface area contributed by atoms with Crippen molar-refractivity contribution in [2.75, 3.05) is 6.61 Å². The maximum Gasteiger partial charge on any atom is 0.140 e. The Bertz CT molecular complexity index is 1850. The molecule has 42 heavy (non-hydrogen) atoms. The van der Waals surface area contributed by atoms with Crippen LogP contribution in [0.3, 0.4) is 0 Å². The number of hydrogen-bond acceptors (Lipinski definition) is 7. The zero-order chi connectivity index (χ0) is 29.9. The molecule has 0 atom stereocenters. The van der Waals surface area contributed by atoms with Crippen molar-refractivity contribution < 1.29 is 4.74 Å². The van der Waals surface area contributed by atoms with E-state index >= 15 is 0 Å². The minimum Gasteiger partial charge on any atom is -0.360 e. The number of H-pyrrole nitrogens is 1. The molecule has 0 aliphatic rings. The minimum absolute atomic E-state index is 0.409. The van der Waals surface area contributed by atoms with Crippen molar-refractivity contribution >= 4 is 53.1 Å². The maximum atomic E-state index is 6.02. The van der Waals surface area contributed by atoms with Crippen LogP contribution in [-0.4, -0.2) is 54.6 Å². The van der Waals surface area contributed by atoms with Crippen LogP contribution in [0.25, 0.3) is 44.6 Å². The molecule has 6 aromatic rings. The zero-order valence-electron chi connectivity index (χ0n) is 24.2. The van der Waals surface area contributed by atoms with E-state index in [9.17, 15) is 0 Å². The summed E-state index contributed by atoms with van der Waals surface area (Å²) >= 11 is 11.9. The smallest absolute Gasteiger partial charge is 0.140 e. The summed E-state index contributed by atoms with van der Waals surface area (Å²) in [6.07, 6.45) is 2.90. The Morgan fingerprint density at radius 1 is 0.786 bits per heavy atom. The fourth-order valence-corrected chi connectivity index (χ4v) is 5.41. The first kappa shape index (κ1) is 29.8. The normalized spacial score (nSPS) is 11.6. The van der Waals surface area contributed by atoms with E-state index in [1.165, 1.54) is 23.8 Å². The van der Waals surface area contributed by atoms with E-state index < -0.39 is 8.07 Å². The number of aromatic nitrogens is 8. The van der Waals surface area contributed by atoms with Crippen molar-refractivity contribution in [2.45, 2.75) is 46.3 Å². The molecule has 0 fully saturated rings. The summed E-state index contributed by atoms with van der Waals surface area (Å²) in [5.74, 6) is 0. The second-order valence-corrected chi connectivity index (χ2v) is 17.7. The van der Waals surface area contributed by atoms with Crippen LogP contribution in [-0.2, 0) is 11.5 Å². The highest BCUT2D eigenvalue weighted by molar-refractivity contribution is 6.76. The Hall–Kier alpha value is -3.70. The van der Waals surface area contributed by atoms with Gasteiger partial charge in [-0.15, -0.1) is 0 Å².